The Kier molecular flexibility index (Phi) is 4.23. The Morgan fingerprint density at radius 3 is 2.65 bits per heavy atom. The lowest BCUT2D eigenvalue weighted by Gasteiger charge is -2.21. The summed E-state index contributed by atoms with van der Waals surface area (Å²) in [5.41, 5.74) is 1.58. The van der Waals surface area contributed by atoms with E-state index in [9.17, 15) is 13.2 Å². The molecule has 1 unspecified atom stereocenters. The Bertz CT molecular complexity index is 800. The second kappa shape index (κ2) is 6.17. The summed E-state index contributed by atoms with van der Waals surface area (Å²) in [4.78, 5) is 12.4. The fourth-order valence-corrected chi connectivity index (χ4v) is 4.00. The van der Waals surface area contributed by atoms with Crippen molar-refractivity contribution in [1.82, 2.24) is 8.87 Å². The number of benzene rings is 1. The smallest absolute Gasteiger partial charge is 0.242 e. The van der Waals surface area contributed by atoms with E-state index in [1.807, 2.05) is 47.3 Å². The van der Waals surface area contributed by atoms with Gasteiger partial charge in [-0.05, 0) is 43.2 Å². The van der Waals surface area contributed by atoms with Crippen molar-refractivity contribution in [3.63, 3.8) is 0 Å². The van der Waals surface area contributed by atoms with Gasteiger partial charge >= 0.3 is 0 Å². The minimum atomic E-state index is -3.36. The number of nitrogens with one attached hydrogen (secondary N) is 1. The Morgan fingerprint density at radius 1 is 1.22 bits per heavy atom. The fourth-order valence-electron chi connectivity index (χ4n) is 2.88. The van der Waals surface area contributed by atoms with Crippen LogP contribution in [-0.4, -0.2) is 42.0 Å². The first kappa shape index (κ1) is 15.8. The van der Waals surface area contributed by atoms with E-state index in [0.29, 0.717) is 25.1 Å². The summed E-state index contributed by atoms with van der Waals surface area (Å²) in [6.07, 6.45) is 6.24. The quantitative estimate of drug-likeness (QED) is 0.928. The van der Waals surface area contributed by atoms with Crippen molar-refractivity contribution in [2.45, 2.75) is 18.9 Å². The molecule has 7 heteroatoms. The highest BCUT2D eigenvalue weighted by atomic mass is 32.2. The second-order valence-corrected chi connectivity index (χ2v) is 7.60. The number of anilines is 1. The average molecular weight is 333 g/mol. The van der Waals surface area contributed by atoms with E-state index >= 15 is 0 Å². The Balaban J connectivity index is 1.77. The number of aromatic nitrogens is 1. The molecule has 1 aliphatic rings. The zero-order valence-electron chi connectivity index (χ0n) is 12.8. The van der Waals surface area contributed by atoms with Gasteiger partial charge in [0.1, 0.15) is 6.04 Å². The molecule has 0 aliphatic carbocycles. The van der Waals surface area contributed by atoms with Crippen molar-refractivity contribution >= 4 is 21.6 Å². The van der Waals surface area contributed by atoms with Crippen molar-refractivity contribution < 1.29 is 13.2 Å². The van der Waals surface area contributed by atoms with Crippen LogP contribution in [-0.2, 0) is 14.8 Å². The van der Waals surface area contributed by atoms with Crippen LogP contribution in [0, 0.1) is 0 Å². The van der Waals surface area contributed by atoms with Gasteiger partial charge in [0.15, 0.2) is 0 Å². The third-order valence-corrected chi connectivity index (χ3v) is 5.24. The number of hydrogen-bond donors (Lipinski definition) is 1. The number of hydrogen-bond acceptors (Lipinski definition) is 3. The van der Waals surface area contributed by atoms with Crippen LogP contribution in [0.2, 0.25) is 0 Å². The molecule has 0 bridgehead atoms. The SMILES string of the molecule is CS(=O)(=O)N1CCCC1C(=O)Nc1cccc(-n2cccc2)c1. The third kappa shape index (κ3) is 3.46. The molecular weight excluding hydrogens is 314 g/mol. The first-order valence-electron chi connectivity index (χ1n) is 7.46. The largest absolute Gasteiger partial charge is 0.325 e. The summed E-state index contributed by atoms with van der Waals surface area (Å²) in [5, 5.41) is 2.83. The maximum atomic E-state index is 12.4. The van der Waals surface area contributed by atoms with Crippen LogP contribution < -0.4 is 5.32 Å². The van der Waals surface area contributed by atoms with Gasteiger partial charge < -0.3 is 9.88 Å². The molecule has 23 heavy (non-hydrogen) atoms. The van der Waals surface area contributed by atoms with Crippen LogP contribution >= 0.6 is 0 Å². The van der Waals surface area contributed by atoms with Crippen molar-refractivity contribution in [2.24, 2.45) is 0 Å². The predicted octanol–water partition coefficient (Wildman–Crippen LogP) is 1.84. The van der Waals surface area contributed by atoms with Crippen molar-refractivity contribution in [2.75, 3.05) is 18.1 Å². The van der Waals surface area contributed by atoms with Crippen LogP contribution in [0.3, 0.4) is 0 Å². The lowest BCUT2D eigenvalue weighted by atomic mass is 10.2. The second-order valence-electron chi connectivity index (χ2n) is 5.66. The molecule has 6 nitrogen and oxygen atoms in total. The van der Waals surface area contributed by atoms with Crippen LogP contribution in [0.1, 0.15) is 12.8 Å². The standard InChI is InChI=1S/C16H19N3O3S/c1-23(21,22)19-11-5-8-15(19)16(20)17-13-6-4-7-14(12-13)18-9-2-3-10-18/h2-4,6-7,9-10,12,15H,5,8,11H2,1H3,(H,17,20). The van der Waals surface area contributed by atoms with E-state index in [4.69, 9.17) is 0 Å². The average Bonchev–Trinajstić information content (AvgIpc) is 3.18. The summed E-state index contributed by atoms with van der Waals surface area (Å²) in [5.74, 6) is -0.280. The first-order valence-corrected chi connectivity index (χ1v) is 9.31. The summed E-state index contributed by atoms with van der Waals surface area (Å²) in [6.45, 7) is 0.403. The van der Waals surface area contributed by atoms with E-state index in [1.165, 1.54) is 4.31 Å². The Morgan fingerprint density at radius 2 is 1.96 bits per heavy atom. The summed E-state index contributed by atoms with van der Waals surface area (Å²) >= 11 is 0. The topological polar surface area (TPSA) is 71.4 Å². The van der Waals surface area contributed by atoms with E-state index in [-0.39, 0.29) is 5.91 Å². The molecule has 1 atom stereocenters. The number of amides is 1. The van der Waals surface area contributed by atoms with Crippen LogP contribution in [0.4, 0.5) is 5.69 Å². The Labute approximate surface area is 135 Å². The normalized spacial score (nSPS) is 18.9. The molecule has 1 N–H and O–H groups in total. The number of rotatable bonds is 4. The molecule has 0 spiro atoms. The minimum absolute atomic E-state index is 0.280. The number of carbonyl (C=O) groups is 1. The number of sulfonamides is 1. The van der Waals surface area contributed by atoms with Gasteiger partial charge in [0.25, 0.3) is 0 Å². The van der Waals surface area contributed by atoms with Crippen molar-refractivity contribution in [1.29, 1.82) is 0 Å². The summed E-state index contributed by atoms with van der Waals surface area (Å²) in [7, 11) is -3.36. The summed E-state index contributed by atoms with van der Waals surface area (Å²) < 4.78 is 26.7. The molecule has 1 aromatic carbocycles. The molecule has 0 saturated carbocycles. The maximum absolute atomic E-state index is 12.4. The monoisotopic (exact) mass is 333 g/mol. The zero-order chi connectivity index (χ0) is 16.4. The first-order chi connectivity index (χ1) is 10.9. The third-order valence-electron chi connectivity index (χ3n) is 3.95. The molecule has 1 saturated heterocycles. The molecule has 3 rings (SSSR count). The lowest BCUT2D eigenvalue weighted by molar-refractivity contribution is -0.119. The molecular formula is C16H19N3O3S. The molecule has 2 aromatic rings. The van der Waals surface area contributed by atoms with Gasteiger partial charge in [-0.3, -0.25) is 4.79 Å². The maximum Gasteiger partial charge on any atom is 0.242 e. The van der Waals surface area contributed by atoms with Gasteiger partial charge in [0.2, 0.25) is 15.9 Å². The molecule has 0 radical (unpaired) electrons. The van der Waals surface area contributed by atoms with Gasteiger partial charge in [-0.2, -0.15) is 4.31 Å². The summed E-state index contributed by atoms with van der Waals surface area (Å²) in [6, 6.07) is 10.7. The lowest BCUT2D eigenvalue weighted by Crippen LogP contribution is -2.42. The van der Waals surface area contributed by atoms with E-state index < -0.39 is 16.1 Å². The fraction of sp³-hybridized carbons (Fsp3) is 0.312. The molecule has 2 heterocycles. The van der Waals surface area contributed by atoms with Crippen molar-refractivity contribution in [3.05, 3.63) is 48.8 Å². The molecule has 1 fully saturated rings. The van der Waals surface area contributed by atoms with Gasteiger partial charge in [-0.1, -0.05) is 6.07 Å². The van der Waals surface area contributed by atoms with Crippen molar-refractivity contribution in [3.8, 4) is 5.69 Å². The van der Waals surface area contributed by atoms with Crippen LogP contribution in [0.25, 0.3) is 5.69 Å². The van der Waals surface area contributed by atoms with Crippen LogP contribution in [0.5, 0.6) is 0 Å². The molecule has 122 valence electrons. The van der Waals surface area contributed by atoms with Gasteiger partial charge in [-0.25, -0.2) is 8.42 Å². The number of nitrogens with zero attached hydrogens (tertiary/aromatic N) is 2. The van der Waals surface area contributed by atoms with Gasteiger partial charge in [-0.15, -0.1) is 0 Å². The Hall–Kier alpha value is -2.12. The van der Waals surface area contributed by atoms with E-state index in [2.05, 4.69) is 5.32 Å². The highest BCUT2D eigenvalue weighted by molar-refractivity contribution is 7.88. The zero-order valence-corrected chi connectivity index (χ0v) is 13.7. The van der Waals surface area contributed by atoms with Gasteiger partial charge in [0, 0.05) is 30.3 Å². The van der Waals surface area contributed by atoms with Gasteiger partial charge in [0.05, 0.1) is 6.26 Å². The van der Waals surface area contributed by atoms with E-state index in [0.717, 1.165) is 11.9 Å². The predicted molar refractivity (Wildman–Crippen MR) is 89.0 cm³/mol. The molecule has 1 amide bonds. The van der Waals surface area contributed by atoms with Crippen LogP contribution in [0.15, 0.2) is 48.8 Å². The number of carbonyl (C=O) groups excluding carboxylic acids is 1. The highest BCUT2D eigenvalue weighted by Gasteiger charge is 2.36. The molecule has 1 aromatic heterocycles. The highest BCUT2D eigenvalue weighted by Crippen LogP contribution is 2.22. The minimum Gasteiger partial charge on any atom is -0.325 e. The molecule has 1 aliphatic heterocycles. The van der Waals surface area contributed by atoms with E-state index in [1.54, 1.807) is 6.07 Å².